The van der Waals surface area contributed by atoms with Crippen LogP contribution >= 0.6 is 0 Å². The Morgan fingerprint density at radius 1 is 1.24 bits per heavy atom. The van der Waals surface area contributed by atoms with Crippen LogP contribution in [-0.2, 0) is 9.59 Å². The van der Waals surface area contributed by atoms with Crippen LogP contribution in [0.1, 0.15) is 27.7 Å². The molecule has 0 aromatic rings. The normalized spacial score (nSPS) is 12.7. The average Bonchev–Trinajstić information content (AvgIpc) is 2.23. The SMILES string of the molecule is CC(C)CNC(=O)CN(C)C(=O)[C@H](N)C(C)C. The van der Waals surface area contributed by atoms with Gasteiger partial charge in [0.25, 0.3) is 0 Å². The molecular weight excluding hydrogens is 218 g/mol. The van der Waals surface area contributed by atoms with Gasteiger partial charge in [0.1, 0.15) is 0 Å². The second-order valence-corrected chi connectivity index (χ2v) is 5.16. The highest BCUT2D eigenvalue weighted by atomic mass is 16.2. The number of likely N-dealkylation sites (N-methyl/N-ethyl adjacent to an activating group) is 1. The number of hydrogen-bond acceptors (Lipinski definition) is 3. The van der Waals surface area contributed by atoms with E-state index in [1.807, 2.05) is 27.7 Å². The second-order valence-electron chi connectivity index (χ2n) is 5.16. The summed E-state index contributed by atoms with van der Waals surface area (Å²) in [7, 11) is 1.60. The van der Waals surface area contributed by atoms with Gasteiger partial charge in [-0.2, -0.15) is 0 Å². The number of carbonyl (C=O) groups excluding carboxylic acids is 2. The van der Waals surface area contributed by atoms with Gasteiger partial charge in [-0.25, -0.2) is 0 Å². The van der Waals surface area contributed by atoms with Gasteiger partial charge in [0.15, 0.2) is 0 Å². The second kappa shape index (κ2) is 7.27. The highest BCUT2D eigenvalue weighted by Crippen LogP contribution is 2.01. The first-order valence-corrected chi connectivity index (χ1v) is 6.03. The summed E-state index contributed by atoms with van der Waals surface area (Å²) in [5.41, 5.74) is 5.74. The molecule has 0 radical (unpaired) electrons. The van der Waals surface area contributed by atoms with Crippen LogP contribution in [-0.4, -0.2) is 42.9 Å². The maximum Gasteiger partial charge on any atom is 0.239 e. The van der Waals surface area contributed by atoms with Crippen LogP contribution in [0.3, 0.4) is 0 Å². The van der Waals surface area contributed by atoms with E-state index in [2.05, 4.69) is 5.32 Å². The molecule has 0 bridgehead atoms. The molecule has 1 atom stereocenters. The molecular formula is C12H25N3O2. The molecule has 0 aromatic carbocycles. The monoisotopic (exact) mass is 243 g/mol. The van der Waals surface area contributed by atoms with Gasteiger partial charge in [0.05, 0.1) is 12.6 Å². The van der Waals surface area contributed by atoms with Crippen molar-refractivity contribution in [3.8, 4) is 0 Å². The van der Waals surface area contributed by atoms with E-state index in [1.165, 1.54) is 4.90 Å². The van der Waals surface area contributed by atoms with Crippen molar-refractivity contribution >= 4 is 11.8 Å². The van der Waals surface area contributed by atoms with Gasteiger partial charge >= 0.3 is 0 Å². The number of amides is 2. The molecule has 17 heavy (non-hydrogen) atoms. The molecule has 5 heteroatoms. The zero-order chi connectivity index (χ0) is 13.6. The Balaban J connectivity index is 4.12. The fraction of sp³-hybridized carbons (Fsp3) is 0.833. The predicted molar refractivity (Wildman–Crippen MR) is 68.3 cm³/mol. The third-order valence-corrected chi connectivity index (χ3v) is 2.47. The van der Waals surface area contributed by atoms with Crippen LogP contribution in [0.4, 0.5) is 0 Å². The van der Waals surface area contributed by atoms with E-state index >= 15 is 0 Å². The maximum atomic E-state index is 11.8. The largest absolute Gasteiger partial charge is 0.354 e. The molecule has 3 N–H and O–H groups in total. The van der Waals surface area contributed by atoms with Crippen molar-refractivity contribution < 1.29 is 9.59 Å². The minimum atomic E-state index is -0.544. The summed E-state index contributed by atoms with van der Waals surface area (Å²) in [5, 5.41) is 2.76. The molecule has 0 aliphatic carbocycles. The molecule has 0 aliphatic rings. The lowest BCUT2D eigenvalue weighted by molar-refractivity contribution is -0.136. The average molecular weight is 243 g/mol. The van der Waals surface area contributed by atoms with E-state index in [1.54, 1.807) is 7.05 Å². The Hall–Kier alpha value is -1.10. The number of nitrogens with two attached hydrogens (primary N) is 1. The number of rotatable bonds is 6. The molecule has 0 saturated heterocycles. The van der Waals surface area contributed by atoms with Gasteiger partial charge in [-0.15, -0.1) is 0 Å². The molecule has 0 unspecified atom stereocenters. The van der Waals surface area contributed by atoms with Crippen molar-refractivity contribution in [1.29, 1.82) is 0 Å². The van der Waals surface area contributed by atoms with Crippen molar-refractivity contribution in [2.24, 2.45) is 17.6 Å². The molecule has 0 heterocycles. The van der Waals surface area contributed by atoms with E-state index in [9.17, 15) is 9.59 Å². The van der Waals surface area contributed by atoms with E-state index in [4.69, 9.17) is 5.73 Å². The number of hydrogen-bond donors (Lipinski definition) is 2. The number of carbonyl (C=O) groups is 2. The summed E-state index contributed by atoms with van der Waals surface area (Å²) < 4.78 is 0. The molecule has 100 valence electrons. The van der Waals surface area contributed by atoms with E-state index in [-0.39, 0.29) is 24.3 Å². The van der Waals surface area contributed by atoms with Gasteiger partial charge in [0, 0.05) is 13.6 Å². The van der Waals surface area contributed by atoms with Crippen LogP contribution in [0.5, 0.6) is 0 Å². The van der Waals surface area contributed by atoms with Crippen LogP contribution in [0.15, 0.2) is 0 Å². The molecule has 0 aromatic heterocycles. The van der Waals surface area contributed by atoms with Gasteiger partial charge in [-0.1, -0.05) is 27.7 Å². The first-order valence-electron chi connectivity index (χ1n) is 6.03. The molecule has 0 saturated carbocycles. The van der Waals surface area contributed by atoms with Gasteiger partial charge in [-0.05, 0) is 11.8 Å². The Kier molecular flexibility index (Phi) is 6.80. The van der Waals surface area contributed by atoms with Gasteiger partial charge in [-0.3, -0.25) is 9.59 Å². The van der Waals surface area contributed by atoms with E-state index in [0.29, 0.717) is 12.5 Å². The lowest BCUT2D eigenvalue weighted by atomic mass is 10.0. The zero-order valence-corrected chi connectivity index (χ0v) is 11.5. The quantitative estimate of drug-likeness (QED) is 0.700. The molecule has 0 rings (SSSR count). The summed E-state index contributed by atoms with van der Waals surface area (Å²) in [4.78, 5) is 24.7. The summed E-state index contributed by atoms with van der Waals surface area (Å²) in [6, 6.07) is -0.544. The zero-order valence-electron chi connectivity index (χ0n) is 11.5. The first kappa shape index (κ1) is 15.9. The van der Waals surface area contributed by atoms with Gasteiger partial charge < -0.3 is 16.0 Å². The maximum absolute atomic E-state index is 11.8. The molecule has 2 amide bonds. The third-order valence-electron chi connectivity index (χ3n) is 2.47. The van der Waals surface area contributed by atoms with Gasteiger partial charge in [0.2, 0.25) is 11.8 Å². The van der Waals surface area contributed by atoms with Crippen LogP contribution in [0.2, 0.25) is 0 Å². The lowest BCUT2D eigenvalue weighted by Gasteiger charge is -2.23. The smallest absolute Gasteiger partial charge is 0.239 e. The minimum Gasteiger partial charge on any atom is -0.354 e. The standard InChI is InChI=1S/C12H25N3O2/c1-8(2)6-14-10(16)7-15(5)12(17)11(13)9(3)4/h8-9,11H,6-7,13H2,1-5H3,(H,14,16)/t11-/m1/s1. The highest BCUT2D eigenvalue weighted by molar-refractivity contribution is 5.87. The van der Waals surface area contributed by atoms with Crippen molar-refractivity contribution in [2.75, 3.05) is 20.1 Å². The van der Waals surface area contributed by atoms with Crippen LogP contribution < -0.4 is 11.1 Å². The van der Waals surface area contributed by atoms with E-state index < -0.39 is 6.04 Å². The van der Waals surface area contributed by atoms with Crippen molar-refractivity contribution in [2.45, 2.75) is 33.7 Å². The topological polar surface area (TPSA) is 75.4 Å². The fourth-order valence-electron chi connectivity index (χ4n) is 1.21. The summed E-state index contributed by atoms with van der Waals surface area (Å²) in [6.07, 6.45) is 0. The summed E-state index contributed by atoms with van der Waals surface area (Å²) >= 11 is 0. The Morgan fingerprint density at radius 3 is 2.18 bits per heavy atom. The molecule has 0 fully saturated rings. The molecule has 5 nitrogen and oxygen atoms in total. The van der Waals surface area contributed by atoms with Crippen molar-refractivity contribution in [3.63, 3.8) is 0 Å². The Labute approximate surface area is 104 Å². The first-order chi connectivity index (χ1) is 7.75. The minimum absolute atomic E-state index is 0.0615. The van der Waals surface area contributed by atoms with Crippen LogP contribution in [0, 0.1) is 11.8 Å². The predicted octanol–water partition coefficient (Wildman–Crippen LogP) is 0.200. The number of nitrogens with zero attached hydrogens (tertiary/aromatic N) is 1. The number of nitrogens with one attached hydrogen (secondary N) is 1. The Morgan fingerprint density at radius 2 is 1.76 bits per heavy atom. The summed E-state index contributed by atoms with van der Waals surface area (Å²) in [5.74, 6) is 0.131. The Bertz CT molecular complexity index is 264. The van der Waals surface area contributed by atoms with Crippen molar-refractivity contribution in [1.82, 2.24) is 10.2 Å². The van der Waals surface area contributed by atoms with E-state index in [0.717, 1.165) is 0 Å². The fourth-order valence-corrected chi connectivity index (χ4v) is 1.21. The third kappa shape index (κ3) is 6.26. The molecule has 0 aliphatic heterocycles. The highest BCUT2D eigenvalue weighted by Gasteiger charge is 2.22. The lowest BCUT2D eigenvalue weighted by Crippen LogP contribution is -2.48. The van der Waals surface area contributed by atoms with Crippen molar-refractivity contribution in [3.05, 3.63) is 0 Å². The van der Waals surface area contributed by atoms with Crippen LogP contribution in [0.25, 0.3) is 0 Å². The molecule has 0 spiro atoms. The summed E-state index contributed by atoms with van der Waals surface area (Å²) in [6.45, 7) is 8.49.